The van der Waals surface area contributed by atoms with Crippen molar-refractivity contribution >= 4 is 6.09 Å². The molecule has 0 bridgehead atoms. The summed E-state index contributed by atoms with van der Waals surface area (Å²) in [6.45, 7) is 0.640. The summed E-state index contributed by atoms with van der Waals surface area (Å²) in [6, 6.07) is 25.6. The highest BCUT2D eigenvalue weighted by molar-refractivity contribution is 5.79. The van der Waals surface area contributed by atoms with E-state index in [0.29, 0.717) is 6.61 Å². The first-order valence-corrected chi connectivity index (χ1v) is 10.1. The Balaban J connectivity index is 1.31. The monoisotopic (exact) mass is 403 g/mol. The van der Waals surface area contributed by atoms with Gasteiger partial charge in [-0.1, -0.05) is 78.9 Å². The lowest BCUT2D eigenvalue weighted by Gasteiger charge is -2.18. The van der Waals surface area contributed by atoms with E-state index in [2.05, 4.69) is 29.6 Å². The maximum atomic E-state index is 12.3. The van der Waals surface area contributed by atoms with Gasteiger partial charge in [-0.2, -0.15) is 0 Å². The number of amides is 1. The number of aliphatic hydroxyl groups excluding tert-OH is 1. The van der Waals surface area contributed by atoms with Crippen LogP contribution in [0, 0.1) is 0 Å². The number of rotatable bonds is 8. The average Bonchev–Trinajstić information content (AvgIpc) is 3.11. The molecule has 4 rings (SSSR count). The first-order chi connectivity index (χ1) is 14.8. The fraction of sp³-hybridized carbons (Fsp3) is 0.240. The molecule has 0 spiro atoms. The molecule has 1 aliphatic carbocycles. The molecule has 0 unspecified atom stereocenters. The first kappa shape index (κ1) is 20.1. The molecule has 0 aliphatic heterocycles. The molecule has 30 heavy (non-hydrogen) atoms. The van der Waals surface area contributed by atoms with E-state index >= 15 is 0 Å². The number of alkyl carbamates (subject to hydrolysis) is 1. The van der Waals surface area contributed by atoms with Crippen molar-refractivity contribution in [2.45, 2.75) is 18.6 Å². The largest absolute Gasteiger partial charge is 0.449 e. The zero-order chi connectivity index (χ0) is 20.8. The van der Waals surface area contributed by atoms with Crippen molar-refractivity contribution in [2.75, 3.05) is 19.8 Å². The second-order valence-corrected chi connectivity index (χ2v) is 7.35. The molecule has 1 aliphatic rings. The predicted octanol–water partition coefficient (Wildman–Crippen LogP) is 4.10. The van der Waals surface area contributed by atoms with Crippen LogP contribution in [0.25, 0.3) is 11.1 Å². The van der Waals surface area contributed by atoms with Crippen LogP contribution < -0.4 is 5.32 Å². The molecule has 154 valence electrons. The maximum Gasteiger partial charge on any atom is 0.407 e. The molecule has 0 fully saturated rings. The van der Waals surface area contributed by atoms with Gasteiger partial charge in [0.25, 0.3) is 0 Å². The molecular formula is C25H25NO4. The normalized spacial score (nSPS) is 13.4. The van der Waals surface area contributed by atoms with Crippen LogP contribution in [0.4, 0.5) is 4.79 Å². The molecule has 3 aromatic rings. The molecule has 0 saturated carbocycles. The van der Waals surface area contributed by atoms with Crippen LogP contribution in [0.3, 0.4) is 0 Å². The van der Waals surface area contributed by atoms with E-state index in [9.17, 15) is 9.90 Å². The van der Waals surface area contributed by atoms with Gasteiger partial charge in [0.1, 0.15) is 6.61 Å². The number of fused-ring (bicyclic) bond motifs is 3. The minimum absolute atomic E-state index is 0.00468. The van der Waals surface area contributed by atoms with Crippen molar-refractivity contribution in [3.63, 3.8) is 0 Å². The fourth-order valence-electron chi connectivity index (χ4n) is 3.84. The molecule has 0 aromatic heterocycles. The predicted molar refractivity (Wildman–Crippen MR) is 115 cm³/mol. The van der Waals surface area contributed by atoms with Gasteiger partial charge < -0.3 is 19.9 Å². The van der Waals surface area contributed by atoms with Crippen molar-refractivity contribution in [3.05, 3.63) is 95.6 Å². The molecule has 3 aromatic carbocycles. The Morgan fingerprint density at radius 3 is 2.13 bits per heavy atom. The van der Waals surface area contributed by atoms with Crippen LogP contribution in [-0.2, 0) is 16.1 Å². The Morgan fingerprint density at radius 1 is 0.900 bits per heavy atom. The van der Waals surface area contributed by atoms with E-state index in [4.69, 9.17) is 9.47 Å². The van der Waals surface area contributed by atoms with Crippen molar-refractivity contribution < 1.29 is 19.4 Å². The zero-order valence-corrected chi connectivity index (χ0v) is 16.7. The Kier molecular flexibility index (Phi) is 6.42. The molecule has 0 radical (unpaired) electrons. The van der Waals surface area contributed by atoms with Crippen LogP contribution in [0.15, 0.2) is 78.9 Å². The van der Waals surface area contributed by atoms with Gasteiger partial charge in [0.15, 0.2) is 0 Å². The summed E-state index contributed by atoms with van der Waals surface area (Å²) in [4.78, 5) is 12.3. The van der Waals surface area contributed by atoms with Crippen LogP contribution in [0.5, 0.6) is 0 Å². The number of hydrogen-bond donors (Lipinski definition) is 2. The summed E-state index contributed by atoms with van der Waals surface area (Å²) >= 11 is 0. The van der Waals surface area contributed by atoms with E-state index < -0.39 is 12.1 Å². The highest BCUT2D eigenvalue weighted by atomic mass is 16.5. The summed E-state index contributed by atoms with van der Waals surface area (Å²) in [6.07, 6.45) is -0.556. The SMILES string of the molecule is O=C(N[C@@H](CO)COCc1ccccc1)OCC1c2ccccc2-c2ccccc21. The van der Waals surface area contributed by atoms with E-state index in [0.717, 1.165) is 16.7 Å². The lowest BCUT2D eigenvalue weighted by atomic mass is 9.98. The molecule has 0 saturated heterocycles. The summed E-state index contributed by atoms with van der Waals surface area (Å²) in [5.41, 5.74) is 5.73. The second-order valence-electron chi connectivity index (χ2n) is 7.35. The molecule has 0 heterocycles. The van der Waals surface area contributed by atoms with Crippen molar-refractivity contribution in [3.8, 4) is 11.1 Å². The van der Waals surface area contributed by atoms with Crippen LogP contribution in [0.2, 0.25) is 0 Å². The van der Waals surface area contributed by atoms with Crippen LogP contribution >= 0.6 is 0 Å². The number of nitrogens with one attached hydrogen (secondary N) is 1. The summed E-state index contributed by atoms with van der Waals surface area (Å²) in [5, 5.41) is 12.3. The van der Waals surface area contributed by atoms with E-state index in [1.807, 2.05) is 54.6 Å². The second kappa shape index (κ2) is 9.57. The molecule has 5 heteroatoms. The topological polar surface area (TPSA) is 67.8 Å². The lowest BCUT2D eigenvalue weighted by molar-refractivity contribution is 0.0714. The third-order valence-electron chi connectivity index (χ3n) is 5.32. The molecular weight excluding hydrogens is 378 g/mol. The molecule has 1 amide bonds. The number of benzene rings is 3. The number of carbonyl (C=O) groups excluding carboxylic acids is 1. The van der Waals surface area contributed by atoms with Gasteiger partial charge in [0, 0.05) is 5.92 Å². The van der Waals surface area contributed by atoms with Crippen molar-refractivity contribution in [1.29, 1.82) is 0 Å². The summed E-state index contributed by atoms with van der Waals surface area (Å²) in [5.74, 6) is 0.00468. The Labute approximate surface area is 176 Å². The van der Waals surface area contributed by atoms with Gasteiger partial charge in [-0.25, -0.2) is 4.79 Å². The number of aliphatic hydroxyl groups is 1. The average molecular weight is 403 g/mol. The van der Waals surface area contributed by atoms with E-state index in [-0.39, 0.29) is 25.7 Å². The van der Waals surface area contributed by atoms with Gasteiger partial charge in [-0.15, -0.1) is 0 Å². The Morgan fingerprint density at radius 2 is 1.50 bits per heavy atom. The van der Waals surface area contributed by atoms with Gasteiger partial charge >= 0.3 is 6.09 Å². The quantitative estimate of drug-likeness (QED) is 0.594. The number of hydrogen-bond acceptors (Lipinski definition) is 4. The van der Waals surface area contributed by atoms with Gasteiger partial charge in [0.2, 0.25) is 0 Å². The standard InChI is InChI=1S/C25H25NO4/c27-14-19(16-29-15-18-8-2-1-3-9-18)26-25(28)30-17-24-22-12-6-4-10-20(22)21-11-5-7-13-23(21)24/h1-13,19,24,27H,14-17H2,(H,26,28)/t19-/m0/s1. The zero-order valence-electron chi connectivity index (χ0n) is 16.7. The van der Waals surface area contributed by atoms with Crippen LogP contribution in [-0.4, -0.2) is 37.1 Å². The highest BCUT2D eigenvalue weighted by Crippen LogP contribution is 2.44. The van der Waals surface area contributed by atoms with Crippen LogP contribution in [0.1, 0.15) is 22.6 Å². The van der Waals surface area contributed by atoms with Gasteiger partial charge in [-0.3, -0.25) is 0 Å². The highest BCUT2D eigenvalue weighted by Gasteiger charge is 2.29. The van der Waals surface area contributed by atoms with Crippen molar-refractivity contribution in [1.82, 2.24) is 5.32 Å². The van der Waals surface area contributed by atoms with Gasteiger partial charge in [-0.05, 0) is 27.8 Å². The fourth-order valence-corrected chi connectivity index (χ4v) is 3.84. The maximum absolute atomic E-state index is 12.3. The number of carbonyl (C=O) groups is 1. The first-order valence-electron chi connectivity index (χ1n) is 10.1. The van der Waals surface area contributed by atoms with E-state index in [1.54, 1.807) is 0 Å². The minimum Gasteiger partial charge on any atom is -0.449 e. The summed E-state index contributed by atoms with van der Waals surface area (Å²) in [7, 11) is 0. The molecule has 5 nitrogen and oxygen atoms in total. The van der Waals surface area contributed by atoms with E-state index in [1.165, 1.54) is 11.1 Å². The third kappa shape index (κ3) is 4.53. The smallest absolute Gasteiger partial charge is 0.407 e. The number of ether oxygens (including phenoxy) is 2. The molecule has 1 atom stereocenters. The Hall–Kier alpha value is -3.15. The third-order valence-corrected chi connectivity index (χ3v) is 5.32. The summed E-state index contributed by atoms with van der Waals surface area (Å²) < 4.78 is 11.1. The Bertz CT molecular complexity index is 944. The lowest BCUT2D eigenvalue weighted by Crippen LogP contribution is -2.41. The minimum atomic E-state index is -0.556. The van der Waals surface area contributed by atoms with Gasteiger partial charge in [0.05, 0.1) is 25.9 Å². The van der Waals surface area contributed by atoms with Crippen molar-refractivity contribution in [2.24, 2.45) is 0 Å². The molecule has 2 N–H and O–H groups in total.